The molecule has 0 aliphatic rings. The highest BCUT2D eigenvalue weighted by atomic mass is 16.5. The van der Waals surface area contributed by atoms with Gasteiger partial charge < -0.3 is 10.1 Å². The predicted octanol–water partition coefficient (Wildman–Crippen LogP) is 0.795. The summed E-state index contributed by atoms with van der Waals surface area (Å²) in [6.45, 7) is 5.29. The largest absolute Gasteiger partial charge is 0.384 e. The van der Waals surface area contributed by atoms with Crippen molar-refractivity contribution in [1.29, 1.82) is 0 Å². The fourth-order valence-corrected chi connectivity index (χ4v) is 0.757. The van der Waals surface area contributed by atoms with E-state index in [1.54, 1.807) is 7.11 Å². The lowest BCUT2D eigenvalue weighted by molar-refractivity contribution is -0.121. The zero-order valence-electron chi connectivity index (χ0n) is 7.52. The van der Waals surface area contributed by atoms with Crippen molar-refractivity contribution in [2.45, 2.75) is 20.3 Å². The summed E-state index contributed by atoms with van der Waals surface area (Å²) in [6.07, 6.45) is 0.555. The minimum Gasteiger partial charge on any atom is -0.384 e. The van der Waals surface area contributed by atoms with Crippen LogP contribution in [0.25, 0.3) is 0 Å². The van der Waals surface area contributed by atoms with Crippen LogP contribution in [0.2, 0.25) is 0 Å². The summed E-state index contributed by atoms with van der Waals surface area (Å²) in [5, 5.41) is 2.80. The Morgan fingerprint density at radius 2 is 2.27 bits per heavy atom. The summed E-state index contributed by atoms with van der Waals surface area (Å²) in [6, 6.07) is 0. The van der Waals surface area contributed by atoms with Gasteiger partial charge in [-0.05, 0) is 5.92 Å². The summed E-state index contributed by atoms with van der Waals surface area (Å²) in [5.41, 5.74) is 0. The van der Waals surface area contributed by atoms with E-state index in [1.807, 2.05) is 13.8 Å². The first-order valence-electron chi connectivity index (χ1n) is 3.96. The Bertz CT molecular complexity index is 115. The number of carbonyl (C=O) groups excluding carboxylic acids is 1. The van der Waals surface area contributed by atoms with Crippen molar-refractivity contribution in [3.8, 4) is 0 Å². The maximum atomic E-state index is 10.8. The van der Waals surface area contributed by atoms with Crippen LogP contribution in [0, 0.1) is 5.92 Å². The third-order valence-corrected chi connectivity index (χ3v) is 1.42. The standard InChI is InChI=1S/C8H17NO2/c1-4-8(10)9-5-7(2)6-11-3/h7H,4-6H2,1-3H3,(H,9,10). The lowest BCUT2D eigenvalue weighted by atomic mass is 10.2. The average molecular weight is 159 g/mol. The van der Waals surface area contributed by atoms with Gasteiger partial charge in [0.05, 0.1) is 6.61 Å². The molecular formula is C8H17NO2. The fourth-order valence-electron chi connectivity index (χ4n) is 0.757. The Hall–Kier alpha value is -0.570. The van der Waals surface area contributed by atoms with Gasteiger partial charge in [-0.3, -0.25) is 4.79 Å². The zero-order chi connectivity index (χ0) is 8.69. The van der Waals surface area contributed by atoms with Gasteiger partial charge in [0, 0.05) is 20.1 Å². The van der Waals surface area contributed by atoms with E-state index in [1.165, 1.54) is 0 Å². The Morgan fingerprint density at radius 1 is 1.64 bits per heavy atom. The highest BCUT2D eigenvalue weighted by Gasteiger charge is 2.02. The van der Waals surface area contributed by atoms with E-state index in [0.717, 1.165) is 0 Å². The van der Waals surface area contributed by atoms with Crippen LogP contribution in [0.15, 0.2) is 0 Å². The van der Waals surface area contributed by atoms with Crippen LogP contribution in [-0.2, 0) is 9.53 Å². The van der Waals surface area contributed by atoms with Crippen LogP contribution in [0.3, 0.4) is 0 Å². The SMILES string of the molecule is CCC(=O)NCC(C)COC. The minimum atomic E-state index is 0.105. The predicted molar refractivity (Wildman–Crippen MR) is 44.3 cm³/mol. The fraction of sp³-hybridized carbons (Fsp3) is 0.875. The molecule has 0 heterocycles. The molecule has 0 aromatic heterocycles. The summed E-state index contributed by atoms with van der Waals surface area (Å²) >= 11 is 0. The van der Waals surface area contributed by atoms with Gasteiger partial charge in [0.1, 0.15) is 0 Å². The lowest BCUT2D eigenvalue weighted by Crippen LogP contribution is -2.29. The van der Waals surface area contributed by atoms with Gasteiger partial charge in [0.2, 0.25) is 5.91 Å². The third kappa shape index (κ3) is 5.85. The number of amides is 1. The quantitative estimate of drug-likeness (QED) is 0.644. The molecule has 0 bridgehead atoms. The molecule has 66 valence electrons. The molecule has 0 saturated carbocycles. The summed E-state index contributed by atoms with van der Waals surface area (Å²) in [7, 11) is 1.66. The van der Waals surface area contributed by atoms with Gasteiger partial charge in [-0.2, -0.15) is 0 Å². The van der Waals surface area contributed by atoms with Gasteiger partial charge in [-0.25, -0.2) is 0 Å². The Morgan fingerprint density at radius 3 is 2.73 bits per heavy atom. The Kier molecular flexibility index (Phi) is 5.84. The van der Waals surface area contributed by atoms with Crippen LogP contribution in [-0.4, -0.2) is 26.2 Å². The topological polar surface area (TPSA) is 38.3 Å². The molecule has 0 fully saturated rings. The molecule has 1 unspecified atom stereocenters. The average Bonchev–Trinajstić information content (AvgIpc) is 2.01. The summed E-state index contributed by atoms with van der Waals surface area (Å²) in [4.78, 5) is 10.8. The van der Waals surface area contributed by atoms with Crippen molar-refractivity contribution in [3.05, 3.63) is 0 Å². The van der Waals surface area contributed by atoms with Crippen molar-refractivity contribution in [3.63, 3.8) is 0 Å². The molecule has 0 aromatic carbocycles. The Labute approximate surface area is 68.1 Å². The molecule has 0 spiro atoms. The van der Waals surface area contributed by atoms with E-state index in [-0.39, 0.29) is 5.91 Å². The molecule has 3 nitrogen and oxygen atoms in total. The number of hydrogen-bond acceptors (Lipinski definition) is 2. The molecule has 0 aromatic rings. The second kappa shape index (κ2) is 6.16. The van der Waals surface area contributed by atoms with Gasteiger partial charge in [0.15, 0.2) is 0 Å². The number of carbonyl (C=O) groups is 1. The molecule has 1 N–H and O–H groups in total. The molecule has 0 rings (SSSR count). The normalized spacial score (nSPS) is 12.6. The third-order valence-electron chi connectivity index (χ3n) is 1.42. The monoisotopic (exact) mass is 159 g/mol. The van der Waals surface area contributed by atoms with Gasteiger partial charge >= 0.3 is 0 Å². The number of ether oxygens (including phenoxy) is 1. The van der Waals surface area contributed by atoms with E-state index in [9.17, 15) is 4.79 Å². The highest BCUT2D eigenvalue weighted by molar-refractivity contribution is 5.75. The second-order valence-corrected chi connectivity index (χ2v) is 2.72. The lowest BCUT2D eigenvalue weighted by Gasteiger charge is -2.10. The van der Waals surface area contributed by atoms with Crippen LogP contribution >= 0.6 is 0 Å². The molecule has 0 radical (unpaired) electrons. The van der Waals surface area contributed by atoms with Gasteiger partial charge in [-0.1, -0.05) is 13.8 Å². The maximum Gasteiger partial charge on any atom is 0.219 e. The molecule has 0 aliphatic heterocycles. The molecule has 11 heavy (non-hydrogen) atoms. The van der Waals surface area contributed by atoms with Crippen LogP contribution in [0.1, 0.15) is 20.3 Å². The summed E-state index contributed by atoms with van der Waals surface area (Å²) in [5.74, 6) is 0.503. The smallest absolute Gasteiger partial charge is 0.219 e. The van der Waals surface area contributed by atoms with Crippen LogP contribution in [0.5, 0.6) is 0 Å². The number of nitrogens with one attached hydrogen (secondary N) is 1. The second-order valence-electron chi connectivity index (χ2n) is 2.72. The first-order chi connectivity index (χ1) is 5.20. The van der Waals surface area contributed by atoms with Crippen LogP contribution < -0.4 is 5.32 Å². The van der Waals surface area contributed by atoms with Crippen molar-refractivity contribution in [1.82, 2.24) is 5.32 Å². The van der Waals surface area contributed by atoms with E-state index < -0.39 is 0 Å². The van der Waals surface area contributed by atoms with Gasteiger partial charge in [-0.15, -0.1) is 0 Å². The zero-order valence-corrected chi connectivity index (χ0v) is 7.52. The molecule has 0 saturated heterocycles. The molecule has 3 heteroatoms. The highest BCUT2D eigenvalue weighted by Crippen LogP contribution is 1.91. The first-order valence-corrected chi connectivity index (χ1v) is 3.96. The molecule has 1 amide bonds. The number of methoxy groups -OCH3 is 1. The number of rotatable bonds is 5. The molecule has 0 aliphatic carbocycles. The molecule has 1 atom stereocenters. The van der Waals surface area contributed by atoms with Gasteiger partial charge in [0.25, 0.3) is 0 Å². The van der Waals surface area contributed by atoms with Crippen LogP contribution in [0.4, 0.5) is 0 Å². The van der Waals surface area contributed by atoms with Crippen molar-refractivity contribution in [2.75, 3.05) is 20.3 Å². The Balaban J connectivity index is 3.29. The van der Waals surface area contributed by atoms with Crippen molar-refractivity contribution in [2.24, 2.45) is 5.92 Å². The van der Waals surface area contributed by atoms with E-state index >= 15 is 0 Å². The van der Waals surface area contributed by atoms with E-state index in [0.29, 0.717) is 25.5 Å². The maximum absolute atomic E-state index is 10.8. The van der Waals surface area contributed by atoms with Crippen molar-refractivity contribution < 1.29 is 9.53 Å². The number of hydrogen-bond donors (Lipinski definition) is 1. The van der Waals surface area contributed by atoms with E-state index in [4.69, 9.17) is 4.74 Å². The minimum absolute atomic E-state index is 0.105. The first kappa shape index (κ1) is 10.4. The van der Waals surface area contributed by atoms with Crippen molar-refractivity contribution >= 4 is 5.91 Å². The van der Waals surface area contributed by atoms with E-state index in [2.05, 4.69) is 5.32 Å². The molecular weight excluding hydrogens is 142 g/mol. The summed E-state index contributed by atoms with van der Waals surface area (Å²) < 4.78 is 4.92.